The highest BCUT2D eigenvalue weighted by molar-refractivity contribution is 5.80. The van der Waals surface area contributed by atoms with Gasteiger partial charge in [-0.15, -0.1) is 0 Å². The minimum Gasteiger partial charge on any atom is -0.389 e. The largest absolute Gasteiger partial charge is 0.389 e. The quantitative estimate of drug-likeness (QED) is 0.732. The SMILES string of the molecule is CCNC[C@H](O)[C@@H](c1ccccc1)n1ccc2ccccc21. The van der Waals surface area contributed by atoms with E-state index in [1.54, 1.807) is 0 Å². The first kappa shape index (κ1) is 14.8. The average Bonchev–Trinajstić information content (AvgIpc) is 2.98. The van der Waals surface area contributed by atoms with Crippen LogP contribution in [0.15, 0.2) is 66.9 Å². The Balaban J connectivity index is 2.05. The van der Waals surface area contributed by atoms with Crippen LogP contribution in [0.5, 0.6) is 0 Å². The Morgan fingerprint density at radius 2 is 1.73 bits per heavy atom. The molecule has 0 saturated heterocycles. The van der Waals surface area contributed by atoms with Crippen molar-refractivity contribution >= 4 is 10.9 Å². The van der Waals surface area contributed by atoms with Crippen LogP contribution in [0.1, 0.15) is 18.5 Å². The molecule has 3 heteroatoms. The third-order valence-electron chi connectivity index (χ3n) is 4.04. The molecular formula is C19H22N2O. The predicted molar refractivity (Wildman–Crippen MR) is 91.1 cm³/mol. The van der Waals surface area contributed by atoms with Gasteiger partial charge < -0.3 is 15.0 Å². The predicted octanol–water partition coefficient (Wildman–Crippen LogP) is 3.20. The second-order valence-corrected chi connectivity index (χ2v) is 5.51. The molecule has 0 aliphatic carbocycles. The van der Waals surface area contributed by atoms with E-state index in [1.807, 2.05) is 30.3 Å². The van der Waals surface area contributed by atoms with E-state index in [0.29, 0.717) is 6.54 Å². The molecule has 1 heterocycles. The molecule has 3 rings (SSSR count). The molecule has 2 aromatic carbocycles. The van der Waals surface area contributed by atoms with Gasteiger partial charge in [-0.25, -0.2) is 0 Å². The van der Waals surface area contributed by atoms with Crippen LogP contribution < -0.4 is 5.32 Å². The summed E-state index contributed by atoms with van der Waals surface area (Å²) >= 11 is 0. The molecule has 3 aromatic rings. The van der Waals surface area contributed by atoms with Crippen LogP contribution in [-0.4, -0.2) is 28.9 Å². The van der Waals surface area contributed by atoms with Gasteiger partial charge in [0.05, 0.1) is 12.1 Å². The van der Waals surface area contributed by atoms with Crippen molar-refractivity contribution in [3.63, 3.8) is 0 Å². The number of fused-ring (bicyclic) bond motifs is 1. The summed E-state index contributed by atoms with van der Waals surface area (Å²) in [5.74, 6) is 0. The lowest BCUT2D eigenvalue weighted by atomic mass is 10.0. The molecular weight excluding hydrogens is 272 g/mol. The highest BCUT2D eigenvalue weighted by Gasteiger charge is 2.23. The molecule has 3 nitrogen and oxygen atoms in total. The van der Waals surface area contributed by atoms with Crippen molar-refractivity contribution in [3.8, 4) is 0 Å². The molecule has 0 amide bonds. The van der Waals surface area contributed by atoms with Gasteiger partial charge in [0.2, 0.25) is 0 Å². The lowest BCUT2D eigenvalue weighted by molar-refractivity contribution is 0.130. The third kappa shape index (κ3) is 2.91. The summed E-state index contributed by atoms with van der Waals surface area (Å²) < 4.78 is 2.17. The van der Waals surface area contributed by atoms with Crippen LogP contribution in [0.25, 0.3) is 10.9 Å². The van der Waals surface area contributed by atoms with Crippen molar-refractivity contribution in [3.05, 3.63) is 72.4 Å². The second-order valence-electron chi connectivity index (χ2n) is 5.51. The molecule has 1 aromatic heterocycles. The number of hydrogen-bond donors (Lipinski definition) is 2. The van der Waals surface area contributed by atoms with E-state index in [-0.39, 0.29) is 6.04 Å². The van der Waals surface area contributed by atoms with Gasteiger partial charge in [0.1, 0.15) is 0 Å². The molecule has 0 aliphatic heterocycles. The Labute approximate surface area is 131 Å². The molecule has 0 saturated carbocycles. The molecule has 2 N–H and O–H groups in total. The van der Waals surface area contributed by atoms with Gasteiger partial charge in [0, 0.05) is 18.3 Å². The summed E-state index contributed by atoms with van der Waals surface area (Å²) in [7, 11) is 0. The molecule has 0 spiro atoms. The fraction of sp³-hybridized carbons (Fsp3) is 0.263. The van der Waals surface area contributed by atoms with Crippen LogP contribution in [0, 0.1) is 0 Å². The number of nitrogens with zero attached hydrogens (tertiary/aromatic N) is 1. The van der Waals surface area contributed by atoms with E-state index < -0.39 is 6.10 Å². The smallest absolute Gasteiger partial charge is 0.0912 e. The molecule has 0 radical (unpaired) electrons. The first-order valence-electron chi connectivity index (χ1n) is 7.80. The van der Waals surface area contributed by atoms with Crippen molar-refractivity contribution in [2.24, 2.45) is 0 Å². The van der Waals surface area contributed by atoms with Crippen molar-refractivity contribution < 1.29 is 5.11 Å². The molecule has 0 fully saturated rings. The van der Waals surface area contributed by atoms with Crippen LogP contribution in [0.3, 0.4) is 0 Å². The highest BCUT2D eigenvalue weighted by atomic mass is 16.3. The number of hydrogen-bond acceptors (Lipinski definition) is 2. The Bertz CT molecular complexity index is 720. The van der Waals surface area contributed by atoms with E-state index in [1.165, 1.54) is 5.39 Å². The Morgan fingerprint density at radius 3 is 2.50 bits per heavy atom. The molecule has 22 heavy (non-hydrogen) atoms. The van der Waals surface area contributed by atoms with E-state index >= 15 is 0 Å². The second kappa shape index (κ2) is 6.77. The van der Waals surface area contributed by atoms with Crippen LogP contribution in [0.4, 0.5) is 0 Å². The molecule has 0 aliphatic rings. The van der Waals surface area contributed by atoms with Crippen LogP contribution in [-0.2, 0) is 0 Å². The maximum absolute atomic E-state index is 10.7. The zero-order valence-corrected chi connectivity index (χ0v) is 12.8. The molecule has 0 unspecified atom stereocenters. The summed E-state index contributed by atoms with van der Waals surface area (Å²) in [5, 5.41) is 15.2. The van der Waals surface area contributed by atoms with Gasteiger partial charge in [-0.1, -0.05) is 55.5 Å². The number of aliphatic hydroxyl groups is 1. The minimum absolute atomic E-state index is 0.0971. The van der Waals surface area contributed by atoms with Gasteiger partial charge >= 0.3 is 0 Å². The van der Waals surface area contributed by atoms with Gasteiger partial charge in [-0.3, -0.25) is 0 Å². The summed E-state index contributed by atoms with van der Waals surface area (Å²) in [5.41, 5.74) is 2.26. The van der Waals surface area contributed by atoms with Crippen molar-refractivity contribution in [1.82, 2.24) is 9.88 Å². The standard InChI is InChI=1S/C19H22N2O/c1-2-20-14-18(22)19(16-9-4-3-5-10-16)21-13-12-15-8-6-7-11-17(15)21/h3-13,18-20,22H,2,14H2,1H3/t18-,19+/m0/s1. The molecule has 2 atom stereocenters. The van der Waals surface area contributed by atoms with E-state index in [4.69, 9.17) is 0 Å². The van der Waals surface area contributed by atoms with E-state index in [0.717, 1.165) is 17.6 Å². The lowest BCUT2D eigenvalue weighted by Gasteiger charge is -2.26. The Hall–Kier alpha value is -2.10. The van der Waals surface area contributed by atoms with Crippen molar-refractivity contribution in [2.75, 3.05) is 13.1 Å². The zero-order chi connectivity index (χ0) is 15.4. The van der Waals surface area contributed by atoms with E-state index in [2.05, 4.69) is 53.3 Å². The fourth-order valence-electron chi connectivity index (χ4n) is 2.97. The maximum Gasteiger partial charge on any atom is 0.0912 e. The Kier molecular flexibility index (Phi) is 4.56. The zero-order valence-electron chi connectivity index (χ0n) is 12.8. The minimum atomic E-state index is -0.488. The van der Waals surface area contributed by atoms with Gasteiger partial charge in [0.25, 0.3) is 0 Å². The van der Waals surface area contributed by atoms with Crippen molar-refractivity contribution in [1.29, 1.82) is 0 Å². The van der Waals surface area contributed by atoms with Gasteiger partial charge in [-0.2, -0.15) is 0 Å². The van der Waals surface area contributed by atoms with Crippen LogP contribution >= 0.6 is 0 Å². The van der Waals surface area contributed by atoms with Crippen LogP contribution in [0.2, 0.25) is 0 Å². The summed E-state index contributed by atoms with van der Waals surface area (Å²) in [4.78, 5) is 0. The summed E-state index contributed by atoms with van der Waals surface area (Å²) in [6, 6.07) is 20.5. The van der Waals surface area contributed by atoms with Gasteiger partial charge in [-0.05, 0) is 29.6 Å². The summed E-state index contributed by atoms with van der Waals surface area (Å²) in [6.45, 7) is 3.48. The summed E-state index contributed by atoms with van der Waals surface area (Å²) in [6.07, 6.45) is 1.58. The normalized spacial score (nSPS) is 14.1. The number of benzene rings is 2. The number of aliphatic hydroxyl groups excluding tert-OH is 1. The Morgan fingerprint density at radius 1 is 1.00 bits per heavy atom. The third-order valence-corrected chi connectivity index (χ3v) is 4.04. The number of aromatic nitrogens is 1. The fourth-order valence-corrected chi connectivity index (χ4v) is 2.97. The molecule has 114 valence electrons. The van der Waals surface area contributed by atoms with Crippen molar-refractivity contribution in [2.45, 2.75) is 19.1 Å². The number of nitrogens with one attached hydrogen (secondary N) is 1. The maximum atomic E-state index is 10.7. The molecule has 0 bridgehead atoms. The number of para-hydroxylation sites is 1. The number of likely N-dealkylation sites (N-methyl/N-ethyl adjacent to an activating group) is 1. The number of rotatable bonds is 6. The first-order chi connectivity index (χ1) is 10.8. The average molecular weight is 294 g/mol. The first-order valence-corrected chi connectivity index (χ1v) is 7.80. The monoisotopic (exact) mass is 294 g/mol. The highest BCUT2D eigenvalue weighted by Crippen LogP contribution is 2.27. The van der Waals surface area contributed by atoms with Gasteiger partial charge in [0.15, 0.2) is 0 Å². The lowest BCUT2D eigenvalue weighted by Crippen LogP contribution is -2.34. The topological polar surface area (TPSA) is 37.2 Å². The van der Waals surface area contributed by atoms with E-state index in [9.17, 15) is 5.11 Å².